The Bertz CT molecular complexity index is 1520. The monoisotopic (exact) mass is 600 g/mol. The summed E-state index contributed by atoms with van der Waals surface area (Å²) < 4.78 is 66.4. The Balaban J connectivity index is 1.32. The molecule has 0 N–H and O–H groups in total. The number of piperazine rings is 1. The summed E-state index contributed by atoms with van der Waals surface area (Å²) in [5, 5.41) is 7.69. The van der Waals surface area contributed by atoms with Gasteiger partial charge in [0.25, 0.3) is 5.91 Å². The lowest BCUT2D eigenvalue weighted by Gasteiger charge is -2.44. The van der Waals surface area contributed by atoms with Gasteiger partial charge in [-0.05, 0) is 53.9 Å². The first-order valence-electron chi connectivity index (χ1n) is 14.6. The fourth-order valence-electron chi connectivity index (χ4n) is 6.64. The van der Waals surface area contributed by atoms with Crippen LogP contribution in [0.15, 0.2) is 42.7 Å². The van der Waals surface area contributed by atoms with Gasteiger partial charge >= 0.3 is 6.18 Å². The second-order valence-corrected chi connectivity index (χ2v) is 12.3. The quantitative estimate of drug-likeness (QED) is 0.352. The van der Waals surface area contributed by atoms with Gasteiger partial charge in [0.2, 0.25) is 0 Å². The van der Waals surface area contributed by atoms with Crippen LogP contribution in [-0.2, 0) is 36.7 Å². The van der Waals surface area contributed by atoms with E-state index in [0.717, 1.165) is 19.6 Å². The van der Waals surface area contributed by atoms with E-state index in [1.54, 1.807) is 37.4 Å². The first-order valence-corrected chi connectivity index (χ1v) is 14.6. The number of hydrogen-bond acceptors (Lipinski definition) is 6. The molecule has 0 aliphatic carbocycles. The van der Waals surface area contributed by atoms with Crippen molar-refractivity contribution in [3.8, 4) is 0 Å². The number of amides is 1. The van der Waals surface area contributed by atoms with E-state index in [0.29, 0.717) is 42.3 Å². The van der Waals surface area contributed by atoms with Crippen molar-refractivity contribution in [1.82, 2.24) is 24.6 Å². The first kappa shape index (κ1) is 29.7. The number of anilines is 1. The second-order valence-electron chi connectivity index (χ2n) is 12.3. The van der Waals surface area contributed by atoms with Crippen LogP contribution in [0.1, 0.15) is 64.9 Å². The number of alkyl halides is 4. The van der Waals surface area contributed by atoms with Gasteiger partial charge in [-0.25, -0.2) is 4.39 Å². The summed E-state index contributed by atoms with van der Waals surface area (Å²) in [4.78, 5) is 19.5. The fraction of sp³-hybridized carbons (Fsp3) is 0.516. The zero-order valence-electron chi connectivity index (χ0n) is 24.7. The molecule has 3 atom stereocenters. The van der Waals surface area contributed by atoms with Crippen molar-refractivity contribution in [2.24, 2.45) is 13.0 Å². The molecule has 1 aromatic heterocycles. The van der Waals surface area contributed by atoms with E-state index in [1.165, 1.54) is 21.9 Å². The van der Waals surface area contributed by atoms with Gasteiger partial charge in [-0.2, -0.15) is 13.2 Å². The number of nitrogens with zero attached hydrogens (tertiary/aromatic N) is 6. The van der Waals surface area contributed by atoms with Crippen LogP contribution in [0.5, 0.6) is 0 Å². The Morgan fingerprint density at radius 3 is 2.53 bits per heavy atom. The number of aryl methyl sites for hydroxylation is 1. The summed E-state index contributed by atoms with van der Waals surface area (Å²) in [6.45, 7) is 7.07. The van der Waals surface area contributed by atoms with Crippen LogP contribution in [0.3, 0.4) is 0 Å². The molecule has 4 heterocycles. The number of benzene rings is 2. The lowest BCUT2D eigenvalue weighted by Crippen LogP contribution is -2.53. The van der Waals surface area contributed by atoms with E-state index in [4.69, 9.17) is 4.74 Å². The molecule has 0 saturated carbocycles. The summed E-state index contributed by atoms with van der Waals surface area (Å²) in [5.41, 5.74) is -0.755. The van der Waals surface area contributed by atoms with E-state index < -0.39 is 29.4 Å². The average molecular weight is 601 g/mol. The maximum Gasteiger partial charge on any atom is 0.416 e. The molecule has 0 radical (unpaired) electrons. The molecule has 2 saturated heterocycles. The molecule has 230 valence electrons. The Labute approximate surface area is 248 Å². The highest BCUT2D eigenvalue weighted by Crippen LogP contribution is 2.50. The van der Waals surface area contributed by atoms with Gasteiger partial charge in [-0.3, -0.25) is 9.69 Å². The molecule has 43 heavy (non-hydrogen) atoms. The highest BCUT2D eigenvalue weighted by atomic mass is 19.4. The number of aromatic nitrogens is 3. The van der Waals surface area contributed by atoms with E-state index >= 15 is 4.39 Å². The van der Waals surface area contributed by atoms with Gasteiger partial charge in [-0.1, -0.05) is 26.0 Å². The average Bonchev–Trinajstić information content (AvgIpc) is 3.51. The number of likely N-dealkylation sites (N-methyl/N-ethyl adjacent to an activating group) is 1. The van der Waals surface area contributed by atoms with Gasteiger partial charge in [0.1, 0.15) is 11.9 Å². The number of carbonyl (C=O) groups excluding carboxylic acids is 1. The molecule has 0 spiro atoms. The summed E-state index contributed by atoms with van der Waals surface area (Å²) in [6, 6.07) is 9.68. The fourth-order valence-corrected chi connectivity index (χ4v) is 6.64. The molecule has 0 bridgehead atoms. The minimum atomic E-state index is -4.63. The molecule has 3 aromatic rings. The summed E-state index contributed by atoms with van der Waals surface area (Å²) in [7, 11) is 3.69. The third kappa shape index (κ3) is 5.23. The lowest BCUT2D eigenvalue weighted by molar-refractivity contribution is -0.198. The molecule has 1 amide bonds. The number of fused-ring (bicyclic) bond motifs is 1. The van der Waals surface area contributed by atoms with Crippen molar-refractivity contribution in [3.05, 3.63) is 76.4 Å². The molecule has 3 aliphatic rings. The van der Waals surface area contributed by atoms with E-state index in [-0.39, 0.29) is 29.5 Å². The van der Waals surface area contributed by atoms with Gasteiger partial charge in [0.05, 0.1) is 18.7 Å². The van der Waals surface area contributed by atoms with E-state index in [2.05, 4.69) is 40.9 Å². The van der Waals surface area contributed by atoms with Gasteiger partial charge < -0.3 is 19.1 Å². The van der Waals surface area contributed by atoms with Gasteiger partial charge in [0.15, 0.2) is 12.0 Å². The van der Waals surface area contributed by atoms with Crippen molar-refractivity contribution in [1.29, 1.82) is 0 Å². The van der Waals surface area contributed by atoms with Crippen LogP contribution in [0, 0.1) is 5.92 Å². The zero-order chi connectivity index (χ0) is 30.7. The Morgan fingerprint density at radius 1 is 1.14 bits per heavy atom. The SMILES string of the molecule is CC(C)[C@H]1CN(C)CCN1Cc1cc2c(c(C(F)(F)F)c1)CN(c1cccc([C@]3([C@H](F)c4nncn4C)CCO3)c1)C2=O. The van der Waals surface area contributed by atoms with Crippen LogP contribution >= 0.6 is 0 Å². The van der Waals surface area contributed by atoms with Gasteiger partial charge in [0, 0.05) is 56.9 Å². The molecular weight excluding hydrogens is 564 g/mol. The molecular formula is C31H36F4N6O2. The van der Waals surface area contributed by atoms with Crippen LogP contribution in [0.2, 0.25) is 0 Å². The van der Waals surface area contributed by atoms with Crippen molar-refractivity contribution >= 4 is 11.6 Å². The van der Waals surface area contributed by atoms with Gasteiger partial charge in [-0.15, -0.1) is 10.2 Å². The van der Waals surface area contributed by atoms with Crippen molar-refractivity contribution in [2.75, 3.05) is 38.2 Å². The molecule has 2 aromatic carbocycles. The molecule has 2 fully saturated rings. The number of carbonyl (C=O) groups is 1. The van der Waals surface area contributed by atoms with Crippen LogP contribution in [-0.4, -0.2) is 69.8 Å². The molecule has 8 nitrogen and oxygen atoms in total. The lowest BCUT2D eigenvalue weighted by atomic mass is 9.81. The Kier molecular flexibility index (Phi) is 7.58. The van der Waals surface area contributed by atoms with Crippen molar-refractivity contribution < 1.29 is 27.1 Å². The molecule has 12 heteroatoms. The predicted molar refractivity (Wildman–Crippen MR) is 152 cm³/mol. The topological polar surface area (TPSA) is 66.7 Å². The summed E-state index contributed by atoms with van der Waals surface area (Å²) in [6.07, 6.45) is -4.47. The maximum atomic E-state index is 15.9. The maximum absolute atomic E-state index is 15.9. The number of halogens is 4. The standard InChI is InChI=1S/C31H36F4N6O2/c1-19(2)26-17-38(3)9-10-40(26)15-20-12-23-24(25(13-20)31(33,34)35)16-41(29(23)42)22-7-5-6-21(14-22)30(8-11-43-30)27(32)28-37-36-18-39(28)4/h5-7,12-14,18-19,26-27H,8-11,15-17H2,1-4H3/t26-,27-,30+/m1/s1. The third-order valence-corrected chi connectivity index (χ3v) is 9.16. The van der Waals surface area contributed by atoms with E-state index in [9.17, 15) is 18.0 Å². The summed E-state index contributed by atoms with van der Waals surface area (Å²) >= 11 is 0. The summed E-state index contributed by atoms with van der Waals surface area (Å²) in [5.74, 6) is -0.0756. The van der Waals surface area contributed by atoms with Crippen LogP contribution in [0.4, 0.5) is 23.2 Å². The normalized spacial score (nSPS) is 24.0. The number of ether oxygens (including phenoxy) is 1. The molecule has 0 unspecified atom stereocenters. The second kappa shape index (κ2) is 11.0. The highest BCUT2D eigenvalue weighted by Gasteiger charge is 2.51. The largest absolute Gasteiger partial charge is 0.416 e. The first-order chi connectivity index (χ1) is 20.4. The smallest absolute Gasteiger partial charge is 0.367 e. The zero-order valence-corrected chi connectivity index (χ0v) is 24.7. The minimum Gasteiger partial charge on any atom is -0.367 e. The van der Waals surface area contributed by atoms with E-state index in [1.807, 2.05) is 0 Å². The Morgan fingerprint density at radius 2 is 1.91 bits per heavy atom. The highest BCUT2D eigenvalue weighted by molar-refractivity contribution is 6.10. The van der Waals surface area contributed by atoms with Crippen molar-refractivity contribution in [3.63, 3.8) is 0 Å². The van der Waals surface area contributed by atoms with Crippen molar-refractivity contribution in [2.45, 2.75) is 57.3 Å². The van der Waals surface area contributed by atoms with Crippen LogP contribution < -0.4 is 4.90 Å². The number of rotatable bonds is 7. The number of hydrogen-bond donors (Lipinski definition) is 0. The Hall–Kier alpha value is -3.35. The van der Waals surface area contributed by atoms with Crippen LogP contribution in [0.25, 0.3) is 0 Å². The predicted octanol–water partition coefficient (Wildman–Crippen LogP) is 5.09. The molecule has 6 rings (SSSR count). The third-order valence-electron chi connectivity index (χ3n) is 9.16. The molecule has 3 aliphatic heterocycles. The minimum absolute atomic E-state index is 0.0394.